The lowest BCUT2D eigenvalue weighted by Crippen LogP contribution is -2.38. The zero-order valence-electron chi connectivity index (χ0n) is 34.5. The Labute approximate surface area is 372 Å². The maximum absolute atomic E-state index is 15.6. The Bertz CT molecular complexity index is 3300. The molecule has 1 saturated carbocycles. The van der Waals surface area contributed by atoms with E-state index in [0.717, 1.165) is 27.6 Å². The molecular weight excluding hydrogens is 930 g/mol. The van der Waals surface area contributed by atoms with Crippen LogP contribution in [-0.2, 0) is 47.3 Å². The molecule has 66 heavy (non-hydrogen) atoms. The van der Waals surface area contributed by atoms with Crippen molar-refractivity contribution in [2.24, 2.45) is 13.0 Å². The first kappa shape index (κ1) is 44.8. The zero-order chi connectivity index (χ0) is 47.4. The van der Waals surface area contributed by atoms with Gasteiger partial charge in [0.2, 0.25) is 15.9 Å². The van der Waals surface area contributed by atoms with Gasteiger partial charge in [0, 0.05) is 43.6 Å². The Morgan fingerprint density at radius 1 is 1.02 bits per heavy atom. The monoisotopic (exact) mass is 963 g/mol. The molecule has 25 heteroatoms. The average molecular weight is 964 g/mol. The number of carbonyl (C=O) groups excluding carboxylic acids is 1. The summed E-state index contributed by atoms with van der Waals surface area (Å²) in [7, 11) is -2.56. The van der Waals surface area contributed by atoms with Crippen molar-refractivity contribution in [2.45, 2.75) is 69.5 Å². The summed E-state index contributed by atoms with van der Waals surface area (Å²) in [6.07, 6.45) is -2.14. The first-order chi connectivity index (χ1) is 31.0. The molecule has 0 saturated heterocycles. The number of aromatic nitrogens is 9. The van der Waals surface area contributed by atoms with Gasteiger partial charge in [-0.25, -0.2) is 44.7 Å². The first-order valence-corrected chi connectivity index (χ1v) is 22.3. The molecule has 7 aromatic rings. The number of hydrogen-bond acceptors (Lipinski definition) is 9. The van der Waals surface area contributed by atoms with Crippen LogP contribution in [0.2, 0.25) is 5.02 Å². The minimum absolute atomic E-state index is 0.00637. The fraction of sp³-hybridized carbons (Fsp3) is 0.341. The van der Waals surface area contributed by atoms with Crippen LogP contribution in [0.1, 0.15) is 66.5 Å². The smallest absolute Gasteiger partial charge is 0.293 e. The molecule has 1 amide bonds. The lowest BCUT2D eigenvalue weighted by atomic mass is 10.0. The summed E-state index contributed by atoms with van der Waals surface area (Å²) in [6, 6.07) is 7.54. The third kappa shape index (κ3) is 8.02. The molecule has 15 nitrogen and oxygen atoms in total. The summed E-state index contributed by atoms with van der Waals surface area (Å²) in [5.74, 6) is -12.6. The van der Waals surface area contributed by atoms with Crippen molar-refractivity contribution in [1.29, 1.82) is 0 Å². The van der Waals surface area contributed by atoms with E-state index in [0.29, 0.717) is 10.7 Å². The second-order valence-electron chi connectivity index (χ2n) is 16.2. The van der Waals surface area contributed by atoms with E-state index < -0.39 is 112 Å². The molecule has 2 aliphatic rings. The van der Waals surface area contributed by atoms with Gasteiger partial charge in [0.05, 0.1) is 45.0 Å². The lowest BCUT2D eigenvalue weighted by Gasteiger charge is -2.24. The molecule has 0 unspecified atom stereocenters. The van der Waals surface area contributed by atoms with Gasteiger partial charge in [-0.1, -0.05) is 18.5 Å². The second kappa shape index (κ2) is 15.9. The van der Waals surface area contributed by atoms with Gasteiger partial charge in [-0.2, -0.15) is 24.1 Å². The number of carbonyl (C=O) groups is 1. The highest BCUT2D eigenvalue weighted by Crippen LogP contribution is 2.68. The Balaban J connectivity index is 1.24. The number of halogens is 9. The van der Waals surface area contributed by atoms with E-state index in [1.54, 1.807) is 0 Å². The van der Waals surface area contributed by atoms with Crippen molar-refractivity contribution < 1.29 is 48.3 Å². The SMILES string of the molecule is CCC(F)(F)Cn1ccc(-c2ccc3c(=O)n(-c4ccc(Cl)c5c(NS(C)(=O)=O)nn(C)c45)c([C@H](Cc4cc(F)cc(F)c4)NC(=O)Cn4nc(C(F)F)c5c4C(F)(F)[C@@H]4C[C@H]54)nc3n2)n1. The molecular formula is C41H34ClF8N11O4S. The Hall–Kier alpha value is -6.43. The maximum Gasteiger partial charge on any atom is 0.293 e. The van der Waals surface area contributed by atoms with Crippen LogP contribution >= 0.6 is 11.6 Å². The van der Waals surface area contributed by atoms with Crippen LogP contribution < -0.4 is 15.6 Å². The minimum Gasteiger partial charge on any atom is -0.344 e. The normalized spacial score (nSPS) is 17.1. The van der Waals surface area contributed by atoms with Gasteiger partial charge in [0.25, 0.3) is 23.8 Å². The maximum atomic E-state index is 15.6. The van der Waals surface area contributed by atoms with Crippen LogP contribution in [0.5, 0.6) is 0 Å². The van der Waals surface area contributed by atoms with Crippen LogP contribution in [0, 0.1) is 17.6 Å². The molecule has 2 aliphatic carbocycles. The van der Waals surface area contributed by atoms with Gasteiger partial charge in [-0.05, 0) is 60.4 Å². The summed E-state index contributed by atoms with van der Waals surface area (Å²) in [4.78, 5) is 38.4. The van der Waals surface area contributed by atoms with Crippen molar-refractivity contribution in [3.05, 3.63) is 110 Å². The van der Waals surface area contributed by atoms with Crippen LogP contribution in [0.4, 0.5) is 40.9 Å². The quantitative estimate of drug-likeness (QED) is 0.106. The van der Waals surface area contributed by atoms with Gasteiger partial charge >= 0.3 is 0 Å². The average Bonchev–Trinajstić information content (AvgIpc) is 3.43. The summed E-state index contributed by atoms with van der Waals surface area (Å²) in [5.41, 5.74) is -3.25. The summed E-state index contributed by atoms with van der Waals surface area (Å²) < 4.78 is 148. The highest BCUT2D eigenvalue weighted by Gasteiger charge is 2.67. The fourth-order valence-electron chi connectivity index (χ4n) is 8.54. The van der Waals surface area contributed by atoms with Gasteiger partial charge in [-0.15, -0.1) is 0 Å². The zero-order valence-corrected chi connectivity index (χ0v) is 36.1. The number of fused-ring (bicyclic) bond motifs is 5. The third-order valence-corrected chi connectivity index (χ3v) is 12.4. The van der Waals surface area contributed by atoms with Gasteiger partial charge in [0.15, 0.2) is 11.5 Å². The standard InChI is InChI=1S/C41H34ClF8N11O4S/c1-4-40(47,48)17-59-10-9-26(54-59)25-7-5-21-36(52-25)53-38(61(39(21)63)28-8-6-24(42)31-33(28)58(2)56-37(31)57-66(3,64)65)27(13-18-11-19(43)14-20(44)12-18)51-29(62)16-60-34-30(32(55-60)35(45)46)22-15-23(22)41(34,49)50/h5-12,14,22-23,27,35H,4,13,15-17H2,1-3H3,(H,51,62)(H,56,57)/t22-,23+,27-/m0/s1. The van der Waals surface area contributed by atoms with Crippen LogP contribution in [-0.4, -0.2) is 70.4 Å². The predicted octanol–water partition coefficient (Wildman–Crippen LogP) is 7.32. The number of aryl methyl sites for hydroxylation is 1. The molecule has 0 aliphatic heterocycles. The Kier molecular flexibility index (Phi) is 10.8. The number of nitrogens with zero attached hydrogens (tertiary/aromatic N) is 9. The number of nitrogens with one attached hydrogen (secondary N) is 2. The highest BCUT2D eigenvalue weighted by atomic mass is 35.5. The Morgan fingerprint density at radius 3 is 2.42 bits per heavy atom. The van der Waals surface area contributed by atoms with Crippen LogP contribution in [0.3, 0.4) is 0 Å². The number of sulfonamides is 1. The molecule has 346 valence electrons. The number of anilines is 1. The molecule has 5 aromatic heterocycles. The number of pyridine rings is 1. The van der Waals surface area contributed by atoms with Crippen molar-refractivity contribution in [3.63, 3.8) is 0 Å². The van der Waals surface area contributed by atoms with Crippen molar-refractivity contribution in [1.82, 2.24) is 49.2 Å². The topological polar surface area (TPSA) is 177 Å². The van der Waals surface area contributed by atoms with E-state index in [-0.39, 0.29) is 67.4 Å². The molecule has 1 fully saturated rings. The molecule has 0 radical (unpaired) electrons. The lowest BCUT2D eigenvalue weighted by molar-refractivity contribution is -0.123. The molecule has 3 atom stereocenters. The Morgan fingerprint density at radius 2 is 1.74 bits per heavy atom. The van der Waals surface area contributed by atoms with Crippen LogP contribution in [0.15, 0.2) is 59.5 Å². The summed E-state index contributed by atoms with van der Waals surface area (Å²) in [6.45, 7) is -0.486. The van der Waals surface area contributed by atoms with Crippen molar-refractivity contribution in [2.75, 3.05) is 11.0 Å². The first-order valence-electron chi connectivity index (χ1n) is 20.0. The van der Waals surface area contributed by atoms with E-state index in [9.17, 15) is 39.6 Å². The van der Waals surface area contributed by atoms with Crippen LogP contribution in [0.25, 0.3) is 39.0 Å². The van der Waals surface area contributed by atoms with E-state index in [1.165, 1.54) is 55.2 Å². The van der Waals surface area contributed by atoms with E-state index in [2.05, 4.69) is 30.3 Å². The second-order valence-corrected chi connectivity index (χ2v) is 18.4. The third-order valence-electron chi connectivity index (χ3n) is 11.5. The number of amides is 1. The van der Waals surface area contributed by atoms with E-state index >= 15 is 13.6 Å². The van der Waals surface area contributed by atoms with Crippen molar-refractivity contribution in [3.8, 4) is 17.1 Å². The molecule has 2 N–H and O–H groups in total. The summed E-state index contributed by atoms with van der Waals surface area (Å²) in [5, 5.41) is 14.6. The van der Waals surface area contributed by atoms with Gasteiger partial charge in [0.1, 0.15) is 47.6 Å². The molecule has 0 bridgehead atoms. The van der Waals surface area contributed by atoms with Gasteiger partial charge in [-0.3, -0.25) is 32.9 Å². The number of benzene rings is 2. The van der Waals surface area contributed by atoms with E-state index in [4.69, 9.17) is 16.6 Å². The molecule has 5 heterocycles. The van der Waals surface area contributed by atoms with Gasteiger partial charge < -0.3 is 5.32 Å². The van der Waals surface area contributed by atoms with Crippen molar-refractivity contribution >= 4 is 55.3 Å². The summed E-state index contributed by atoms with van der Waals surface area (Å²) >= 11 is 6.61. The fourth-order valence-corrected chi connectivity index (χ4v) is 9.27. The van der Waals surface area contributed by atoms with E-state index in [1.807, 2.05) is 0 Å². The molecule has 2 aromatic carbocycles. The highest BCUT2D eigenvalue weighted by molar-refractivity contribution is 7.92. The number of rotatable bonds is 14. The predicted molar refractivity (Wildman–Crippen MR) is 222 cm³/mol. The largest absolute Gasteiger partial charge is 0.344 e. The minimum atomic E-state index is -3.96. The number of alkyl halides is 6. The number of hydrogen-bond donors (Lipinski definition) is 2. The molecule has 0 spiro atoms. The molecule has 9 rings (SSSR count).